The van der Waals surface area contributed by atoms with Crippen molar-refractivity contribution < 1.29 is 0 Å². The van der Waals surface area contributed by atoms with Crippen LogP contribution in [0.3, 0.4) is 0 Å². The first-order valence-electron chi connectivity index (χ1n) is 11.3. The van der Waals surface area contributed by atoms with Crippen LogP contribution in [0.2, 0.25) is 0 Å². The molecular weight excluding hydrogens is 473 g/mol. The van der Waals surface area contributed by atoms with E-state index in [1.165, 1.54) is 64.0 Å². The summed E-state index contributed by atoms with van der Waals surface area (Å²) in [6.07, 6.45) is 5.14. The zero-order chi connectivity index (χ0) is 19.7. The summed E-state index contributed by atoms with van der Waals surface area (Å²) in [7, 11) is 0. The van der Waals surface area contributed by atoms with Crippen molar-refractivity contribution in [3.05, 3.63) is 35.9 Å². The molecule has 2 aliphatic rings. The molecule has 2 N–H and O–H groups in total. The maximum Gasteiger partial charge on any atom is 0.191 e. The quantitative estimate of drug-likeness (QED) is 0.318. The minimum absolute atomic E-state index is 0. The second-order valence-corrected chi connectivity index (χ2v) is 8.25. The van der Waals surface area contributed by atoms with E-state index < -0.39 is 0 Å². The lowest BCUT2D eigenvalue weighted by atomic mass is 9.79. The standard InChI is InChI=1S/C23H39N5.HI/c1-3-24-22(25-14-15-28-18-16-27(4-2)17-19-28)26-20-23(12-8-9-13-23)21-10-6-5-7-11-21;/h5-7,10-11H,3-4,8-9,12-20H2,1-2H3,(H2,24,25,26);1H. The van der Waals surface area contributed by atoms with Gasteiger partial charge in [-0.3, -0.25) is 9.89 Å². The molecule has 1 saturated heterocycles. The minimum atomic E-state index is 0. The summed E-state index contributed by atoms with van der Waals surface area (Å²) >= 11 is 0. The molecule has 2 fully saturated rings. The fourth-order valence-corrected chi connectivity index (χ4v) is 4.62. The number of likely N-dealkylation sites (N-methyl/N-ethyl adjacent to an activating group) is 1. The summed E-state index contributed by atoms with van der Waals surface area (Å²) in [4.78, 5) is 10.1. The van der Waals surface area contributed by atoms with E-state index >= 15 is 0 Å². The van der Waals surface area contributed by atoms with E-state index in [9.17, 15) is 0 Å². The highest BCUT2D eigenvalue weighted by atomic mass is 127. The highest BCUT2D eigenvalue weighted by molar-refractivity contribution is 14.0. The largest absolute Gasteiger partial charge is 0.357 e. The van der Waals surface area contributed by atoms with Gasteiger partial charge in [-0.25, -0.2) is 0 Å². The number of guanidine groups is 1. The van der Waals surface area contributed by atoms with Crippen molar-refractivity contribution in [3.63, 3.8) is 0 Å². The van der Waals surface area contributed by atoms with E-state index in [0.29, 0.717) is 0 Å². The molecule has 3 rings (SSSR count). The topological polar surface area (TPSA) is 42.9 Å². The monoisotopic (exact) mass is 513 g/mol. The van der Waals surface area contributed by atoms with Gasteiger partial charge in [0.05, 0.1) is 6.54 Å². The predicted molar refractivity (Wildman–Crippen MR) is 135 cm³/mol. The van der Waals surface area contributed by atoms with Gasteiger partial charge in [0.15, 0.2) is 5.96 Å². The fourth-order valence-electron chi connectivity index (χ4n) is 4.62. The van der Waals surface area contributed by atoms with Gasteiger partial charge in [0.25, 0.3) is 0 Å². The molecule has 0 bridgehead atoms. The Hall–Kier alpha value is -0.860. The summed E-state index contributed by atoms with van der Waals surface area (Å²) in [6, 6.07) is 11.0. The highest BCUT2D eigenvalue weighted by Gasteiger charge is 2.35. The number of nitrogens with zero attached hydrogens (tertiary/aromatic N) is 3. The summed E-state index contributed by atoms with van der Waals surface area (Å²) in [5.74, 6) is 0.969. The molecule has 1 aliphatic heterocycles. The molecule has 164 valence electrons. The average molecular weight is 514 g/mol. The fraction of sp³-hybridized carbons (Fsp3) is 0.696. The lowest BCUT2D eigenvalue weighted by Crippen LogP contribution is -2.49. The lowest BCUT2D eigenvalue weighted by molar-refractivity contribution is 0.139. The molecule has 0 spiro atoms. The summed E-state index contributed by atoms with van der Waals surface area (Å²) in [6.45, 7) is 14.2. The van der Waals surface area contributed by atoms with E-state index in [4.69, 9.17) is 4.99 Å². The Kier molecular flexibility index (Phi) is 10.7. The second-order valence-electron chi connectivity index (χ2n) is 8.25. The normalized spacial score (nSPS) is 20.3. The first-order chi connectivity index (χ1) is 13.8. The number of rotatable bonds is 8. The zero-order valence-electron chi connectivity index (χ0n) is 18.3. The number of piperazine rings is 1. The second kappa shape index (κ2) is 12.7. The van der Waals surface area contributed by atoms with E-state index in [1.807, 2.05) is 0 Å². The minimum Gasteiger partial charge on any atom is -0.357 e. The molecule has 5 nitrogen and oxygen atoms in total. The first kappa shape index (κ1) is 24.4. The molecule has 1 heterocycles. The highest BCUT2D eigenvalue weighted by Crippen LogP contribution is 2.41. The van der Waals surface area contributed by atoms with Crippen molar-refractivity contribution in [2.24, 2.45) is 4.99 Å². The Labute approximate surface area is 194 Å². The Morgan fingerprint density at radius 3 is 2.24 bits per heavy atom. The van der Waals surface area contributed by atoms with Crippen LogP contribution in [0.4, 0.5) is 0 Å². The van der Waals surface area contributed by atoms with E-state index in [2.05, 4.69) is 64.6 Å². The van der Waals surface area contributed by atoms with Crippen molar-refractivity contribution in [2.75, 3.05) is 58.9 Å². The third-order valence-electron chi connectivity index (χ3n) is 6.46. The molecule has 1 saturated carbocycles. The third-order valence-corrected chi connectivity index (χ3v) is 6.46. The molecule has 0 radical (unpaired) electrons. The molecule has 0 unspecified atom stereocenters. The van der Waals surface area contributed by atoms with Crippen LogP contribution >= 0.6 is 24.0 Å². The maximum atomic E-state index is 5.02. The Balaban J connectivity index is 0.00000300. The third kappa shape index (κ3) is 7.10. The van der Waals surface area contributed by atoms with Gasteiger partial charge in [-0.05, 0) is 31.9 Å². The van der Waals surface area contributed by atoms with Crippen molar-refractivity contribution >= 4 is 29.9 Å². The van der Waals surface area contributed by atoms with Crippen LogP contribution in [0.25, 0.3) is 0 Å². The molecule has 6 heteroatoms. The molecule has 0 amide bonds. The number of benzene rings is 1. The van der Waals surface area contributed by atoms with Crippen LogP contribution in [0.5, 0.6) is 0 Å². The van der Waals surface area contributed by atoms with Gasteiger partial charge in [-0.2, -0.15) is 0 Å². The molecule has 0 aromatic heterocycles. The van der Waals surface area contributed by atoms with Crippen LogP contribution in [-0.2, 0) is 5.41 Å². The van der Waals surface area contributed by atoms with Crippen LogP contribution in [-0.4, -0.2) is 74.7 Å². The molecule has 1 aromatic carbocycles. The SMILES string of the molecule is CCNC(=NCC1(c2ccccc2)CCCC1)NCCN1CCN(CC)CC1.I. The molecule has 1 aliphatic carbocycles. The van der Waals surface area contributed by atoms with Crippen LogP contribution in [0.15, 0.2) is 35.3 Å². The van der Waals surface area contributed by atoms with Crippen LogP contribution in [0.1, 0.15) is 45.1 Å². The summed E-state index contributed by atoms with van der Waals surface area (Å²) in [5, 5.41) is 7.01. The summed E-state index contributed by atoms with van der Waals surface area (Å²) in [5.41, 5.74) is 1.68. The van der Waals surface area contributed by atoms with E-state index in [1.54, 1.807) is 0 Å². The van der Waals surface area contributed by atoms with Crippen molar-refractivity contribution in [1.29, 1.82) is 0 Å². The van der Waals surface area contributed by atoms with Gasteiger partial charge in [0, 0.05) is 51.2 Å². The lowest BCUT2D eigenvalue weighted by Gasteiger charge is -2.34. The van der Waals surface area contributed by atoms with Gasteiger partial charge in [-0.15, -0.1) is 24.0 Å². The van der Waals surface area contributed by atoms with Crippen LogP contribution < -0.4 is 10.6 Å². The van der Waals surface area contributed by atoms with Crippen molar-refractivity contribution in [2.45, 2.75) is 44.9 Å². The van der Waals surface area contributed by atoms with Gasteiger partial charge < -0.3 is 15.5 Å². The van der Waals surface area contributed by atoms with Gasteiger partial charge in [0.1, 0.15) is 0 Å². The Bertz CT molecular complexity index is 593. The van der Waals surface area contributed by atoms with Crippen molar-refractivity contribution in [3.8, 4) is 0 Å². The molecular formula is C23H40IN5. The maximum absolute atomic E-state index is 5.02. The Morgan fingerprint density at radius 1 is 0.966 bits per heavy atom. The van der Waals surface area contributed by atoms with Gasteiger partial charge in [-0.1, -0.05) is 50.1 Å². The number of nitrogens with one attached hydrogen (secondary N) is 2. The van der Waals surface area contributed by atoms with Crippen molar-refractivity contribution in [1.82, 2.24) is 20.4 Å². The van der Waals surface area contributed by atoms with E-state index in [-0.39, 0.29) is 29.4 Å². The smallest absolute Gasteiger partial charge is 0.191 e. The van der Waals surface area contributed by atoms with Crippen LogP contribution in [0, 0.1) is 0 Å². The molecule has 1 aromatic rings. The number of aliphatic imine (C=N–C) groups is 1. The Morgan fingerprint density at radius 2 is 1.62 bits per heavy atom. The van der Waals surface area contributed by atoms with Gasteiger partial charge in [0.2, 0.25) is 0 Å². The zero-order valence-corrected chi connectivity index (χ0v) is 20.7. The number of hydrogen-bond acceptors (Lipinski definition) is 3. The average Bonchev–Trinajstić information content (AvgIpc) is 3.23. The predicted octanol–water partition coefficient (Wildman–Crippen LogP) is 3.31. The van der Waals surface area contributed by atoms with Gasteiger partial charge >= 0.3 is 0 Å². The number of hydrogen-bond donors (Lipinski definition) is 2. The number of halogens is 1. The molecule has 29 heavy (non-hydrogen) atoms. The van der Waals surface area contributed by atoms with E-state index in [0.717, 1.165) is 32.1 Å². The first-order valence-corrected chi connectivity index (χ1v) is 11.3. The molecule has 0 atom stereocenters. The summed E-state index contributed by atoms with van der Waals surface area (Å²) < 4.78 is 0.